The van der Waals surface area contributed by atoms with Gasteiger partial charge in [-0.05, 0) is 32.9 Å². The molecule has 0 atom stereocenters. The predicted octanol–water partition coefficient (Wildman–Crippen LogP) is 2.45. The first-order valence-electron chi connectivity index (χ1n) is 8.29. The average molecular weight is 346 g/mol. The highest BCUT2D eigenvalue weighted by Crippen LogP contribution is 2.28. The number of fused-ring (bicyclic) bond motifs is 3. The standard InChI is InChI=1S/C17H22N4O2S/c1-5-15-18-20(10-16(22)19(6-2)7-3)17(23)13-9-14-12(21(13)15)8-11(4)24-14/h8-9H,5-7,10H2,1-4H3. The monoisotopic (exact) mass is 346 g/mol. The molecule has 6 nitrogen and oxygen atoms in total. The summed E-state index contributed by atoms with van der Waals surface area (Å²) in [4.78, 5) is 28.1. The number of aryl methyl sites for hydroxylation is 2. The second-order valence-electron chi connectivity index (χ2n) is 5.77. The van der Waals surface area contributed by atoms with Gasteiger partial charge in [-0.25, -0.2) is 4.68 Å². The largest absolute Gasteiger partial charge is 0.342 e. The molecule has 0 aromatic carbocycles. The molecule has 1 amide bonds. The summed E-state index contributed by atoms with van der Waals surface area (Å²) in [6, 6.07) is 3.99. The van der Waals surface area contributed by atoms with Gasteiger partial charge in [-0.3, -0.25) is 14.0 Å². The van der Waals surface area contributed by atoms with Gasteiger partial charge in [0.05, 0.1) is 10.2 Å². The van der Waals surface area contributed by atoms with Crippen LogP contribution in [0, 0.1) is 6.92 Å². The number of hydrogen-bond donors (Lipinski definition) is 0. The van der Waals surface area contributed by atoms with Gasteiger partial charge in [0.25, 0.3) is 5.56 Å². The molecule has 0 N–H and O–H groups in total. The molecule has 0 radical (unpaired) electrons. The highest BCUT2D eigenvalue weighted by atomic mass is 32.1. The van der Waals surface area contributed by atoms with Crippen LogP contribution in [0.1, 0.15) is 31.5 Å². The highest BCUT2D eigenvalue weighted by molar-refractivity contribution is 7.19. The Morgan fingerprint density at radius 1 is 1.21 bits per heavy atom. The van der Waals surface area contributed by atoms with Crippen molar-refractivity contribution in [1.82, 2.24) is 19.1 Å². The van der Waals surface area contributed by atoms with Crippen molar-refractivity contribution in [3.05, 3.63) is 33.2 Å². The van der Waals surface area contributed by atoms with Crippen LogP contribution in [0.2, 0.25) is 0 Å². The second kappa shape index (κ2) is 6.39. The molecule has 0 unspecified atom stereocenters. The molecular weight excluding hydrogens is 324 g/mol. The summed E-state index contributed by atoms with van der Waals surface area (Å²) in [7, 11) is 0. The first kappa shape index (κ1) is 16.7. The number of hydrogen-bond acceptors (Lipinski definition) is 4. The summed E-state index contributed by atoms with van der Waals surface area (Å²) in [5.41, 5.74) is 1.40. The van der Waals surface area contributed by atoms with Gasteiger partial charge in [0.2, 0.25) is 5.91 Å². The van der Waals surface area contributed by atoms with Crippen LogP contribution in [-0.2, 0) is 17.8 Å². The van der Waals surface area contributed by atoms with E-state index in [0.717, 1.165) is 16.0 Å². The number of amides is 1. The Labute approximate surface area is 144 Å². The highest BCUT2D eigenvalue weighted by Gasteiger charge is 2.18. The van der Waals surface area contributed by atoms with E-state index >= 15 is 0 Å². The number of aromatic nitrogens is 3. The maximum Gasteiger partial charge on any atom is 0.291 e. The van der Waals surface area contributed by atoms with Gasteiger partial charge in [0.15, 0.2) is 0 Å². The van der Waals surface area contributed by atoms with Crippen LogP contribution in [0.15, 0.2) is 16.9 Å². The molecule has 0 saturated heterocycles. The van der Waals surface area contributed by atoms with Crippen LogP contribution >= 0.6 is 11.3 Å². The summed E-state index contributed by atoms with van der Waals surface area (Å²) in [6.07, 6.45) is 0.689. The van der Waals surface area contributed by atoms with E-state index in [9.17, 15) is 9.59 Å². The van der Waals surface area contributed by atoms with Gasteiger partial charge in [-0.2, -0.15) is 5.10 Å². The molecule has 3 rings (SSSR count). The normalized spacial score (nSPS) is 11.5. The maximum atomic E-state index is 12.8. The molecule has 0 bridgehead atoms. The summed E-state index contributed by atoms with van der Waals surface area (Å²) < 4.78 is 4.32. The van der Waals surface area contributed by atoms with Crippen molar-refractivity contribution in [2.75, 3.05) is 13.1 Å². The smallest absolute Gasteiger partial charge is 0.291 e. The fraction of sp³-hybridized carbons (Fsp3) is 0.471. The lowest BCUT2D eigenvalue weighted by molar-refractivity contribution is -0.131. The molecule has 3 aromatic rings. The van der Waals surface area contributed by atoms with E-state index in [4.69, 9.17) is 0 Å². The zero-order valence-electron chi connectivity index (χ0n) is 14.5. The Hall–Kier alpha value is -2.15. The zero-order chi connectivity index (χ0) is 17.4. The molecule has 128 valence electrons. The first-order chi connectivity index (χ1) is 11.5. The van der Waals surface area contributed by atoms with Gasteiger partial charge < -0.3 is 4.90 Å². The van der Waals surface area contributed by atoms with Crippen molar-refractivity contribution in [3.8, 4) is 0 Å². The van der Waals surface area contributed by atoms with Gasteiger partial charge in [0.1, 0.15) is 17.9 Å². The van der Waals surface area contributed by atoms with Crippen molar-refractivity contribution < 1.29 is 4.79 Å². The molecule has 0 aliphatic rings. The third-order valence-electron chi connectivity index (χ3n) is 4.28. The third kappa shape index (κ3) is 2.62. The SMILES string of the molecule is CCc1nn(CC(=O)N(CC)CC)c(=O)c2cc3sc(C)cc3n12. The number of rotatable bonds is 5. The van der Waals surface area contributed by atoms with Crippen molar-refractivity contribution in [3.63, 3.8) is 0 Å². The average Bonchev–Trinajstić information content (AvgIpc) is 3.07. The fourth-order valence-electron chi connectivity index (χ4n) is 3.05. The second-order valence-corrected chi connectivity index (χ2v) is 7.06. The van der Waals surface area contributed by atoms with E-state index < -0.39 is 0 Å². The molecule has 3 heterocycles. The Bertz CT molecular complexity index is 962. The van der Waals surface area contributed by atoms with E-state index in [-0.39, 0.29) is 18.0 Å². The molecule has 0 aliphatic heterocycles. The van der Waals surface area contributed by atoms with E-state index in [0.29, 0.717) is 25.0 Å². The predicted molar refractivity (Wildman–Crippen MR) is 96.9 cm³/mol. The summed E-state index contributed by atoms with van der Waals surface area (Å²) in [5.74, 6) is 0.718. The minimum Gasteiger partial charge on any atom is -0.342 e. The van der Waals surface area contributed by atoms with E-state index in [1.165, 1.54) is 9.56 Å². The van der Waals surface area contributed by atoms with E-state index in [1.807, 2.05) is 31.2 Å². The first-order valence-corrected chi connectivity index (χ1v) is 9.11. The minimum atomic E-state index is -0.214. The Morgan fingerprint density at radius 2 is 1.92 bits per heavy atom. The minimum absolute atomic E-state index is 0.0120. The van der Waals surface area contributed by atoms with Crippen LogP contribution in [-0.4, -0.2) is 38.1 Å². The molecule has 24 heavy (non-hydrogen) atoms. The van der Waals surface area contributed by atoms with Gasteiger partial charge in [-0.15, -0.1) is 11.3 Å². The zero-order valence-corrected chi connectivity index (χ0v) is 15.3. The van der Waals surface area contributed by atoms with Crippen LogP contribution in [0.3, 0.4) is 0 Å². The molecular formula is C17H22N4O2S. The van der Waals surface area contributed by atoms with Crippen LogP contribution in [0.25, 0.3) is 15.7 Å². The molecule has 0 fully saturated rings. The number of carbonyl (C=O) groups excluding carboxylic acids is 1. The quantitative estimate of drug-likeness (QED) is 0.713. The van der Waals surface area contributed by atoms with E-state index in [1.54, 1.807) is 16.2 Å². The summed E-state index contributed by atoms with van der Waals surface area (Å²) in [5, 5.41) is 4.47. The Morgan fingerprint density at radius 3 is 2.54 bits per heavy atom. The van der Waals surface area contributed by atoms with Crippen LogP contribution in [0.4, 0.5) is 0 Å². The summed E-state index contributed by atoms with van der Waals surface area (Å²) >= 11 is 1.67. The van der Waals surface area contributed by atoms with Gasteiger partial charge >= 0.3 is 0 Å². The van der Waals surface area contributed by atoms with Crippen molar-refractivity contribution in [2.45, 2.75) is 40.7 Å². The molecule has 0 saturated carbocycles. The molecule has 0 aliphatic carbocycles. The lowest BCUT2D eigenvalue weighted by atomic mass is 10.4. The number of nitrogens with zero attached hydrogens (tertiary/aromatic N) is 4. The maximum absolute atomic E-state index is 12.8. The Balaban J connectivity index is 2.15. The molecule has 7 heteroatoms. The summed E-state index contributed by atoms with van der Waals surface area (Å²) in [6.45, 7) is 9.18. The van der Waals surface area contributed by atoms with E-state index in [2.05, 4.69) is 18.1 Å². The lowest BCUT2D eigenvalue weighted by Gasteiger charge is -2.19. The van der Waals surface area contributed by atoms with Gasteiger partial charge in [0, 0.05) is 24.4 Å². The number of thiophene rings is 1. The van der Waals surface area contributed by atoms with Gasteiger partial charge in [-0.1, -0.05) is 6.92 Å². The third-order valence-corrected chi connectivity index (χ3v) is 5.26. The molecule has 0 spiro atoms. The van der Waals surface area contributed by atoms with Crippen molar-refractivity contribution in [1.29, 1.82) is 0 Å². The van der Waals surface area contributed by atoms with Crippen LogP contribution in [0.5, 0.6) is 0 Å². The molecule has 3 aromatic heterocycles. The topological polar surface area (TPSA) is 59.6 Å². The lowest BCUT2D eigenvalue weighted by Crippen LogP contribution is -2.38. The van der Waals surface area contributed by atoms with Crippen molar-refractivity contribution in [2.24, 2.45) is 0 Å². The fourth-order valence-corrected chi connectivity index (χ4v) is 4.00. The number of likely N-dealkylation sites (N-methyl/N-ethyl adjacent to an activating group) is 1. The van der Waals surface area contributed by atoms with Crippen molar-refractivity contribution >= 4 is 33.0 Å². The number of carbonyl (C=O) groups is 1. The Kier molecular flexibility index (Phi) is 4.45. The van der Waals surface area contributed by atoms with Crippen LogP contribution < -0.4 is 5.56 Å².